The van der Waals surface area contributed by atoms with E-state index in [1.165, 1.54) is 5.56 Å². The highest BCUT2D eigenvalue weighted by molar-refractivity contribution is 5.89. The predicted molar refractivity (Wildman–Crippen MR) is 169 cm³/mol. The molecule has 1 amide bonds. The van der Waals surface area contributed by atoms with Crippen LogP contribution in [0.4, 0.5) is 5.82 Å². The molecule has 0 spiro atoms. The Morgan fingerprint density at radius 1 is 1.09 bits per heavy atom. The summed E-state index contributed by atoms with van der Waals surface area (Å²) in [5.41, 5.74) is 2.63. The average molecular weight is 591 g/mol. The number of aliphatic carboxylic acids is 1. The van der Waals surface area contributed by atoms with Crippen LogP contribution in [0, 0.1) is 29.1 Å². The average Bonchev–Trinajstić information content (AvgIpc) is 3.25. The van der Waals surface area contributed by atoms with E-state index in [0.717, 1.165) is 42.0 Å². The van der Waals surface area contributed by atoms with Crippen molar-refractivity contribution >= 4 is 17.7 Å². The number of anilines is 1. The van der Waals surface area contributed by atoms with Gasteiger partial charge in [0.15, 0.2) is 0 Å². The third-order valence-corrected chi connectivity index (χ3v) is 10.1. The number of pyridine rings is 1. The number of hydrogen-bond acceptors (Lipinski definition) is 6. The highest BCUT2D eigenvalue weighted by Gasteiger charge is 2.64. The second kappa shape index (κ2) is 11.4. The van der Waals surface area contributed by atoms with E-state index in [1.807, 2.05) is 37.2 Å². The molecule has 43 heavy (non-hydrogen) atoms. The van der Waals surface area contributed by atoms with Crippen molar-refractivity contribution < 1.29 is 19.4 Å². The van der Waals surface area contributed by atoms with Gasteiger partial charge in [0.2, 0.25) is 5.91 Å². The first-order valence-electron chi connectivity index (χ1n) is 15.7. The van der Waals surface area contributed by atoms with Gasteiger partial charge in [-0.15, -0.1) is 0 Å². The fourth-order valence-electron chi connectivity index (χ4n) is 8.04. The van der Waals surface area contributed by atoms with Crippen LogP contribution in [0.2, 0.25) is 0 Å². The summed E-state index contributed by atoms with van der Waals surface area (Å²) in [7, 11) is 5.57. The van der Waals surface area contributed by atoms with Gasteiger partial charge in [0.25, 0.3) is 0 Å². The maximum Gasteiger partial charge on any atom is 0.326 e. The molecule has 1 aromatic heterocycles. The first-order valence-corrected chi connectivity index (χ1v) is 15.7. The number of ether oxygens (including phenoxy) is 1. The van der Waals surface area contributed by atoms with E-state index in [4.69, 9.17) is 9.72 Å². The number of amides is 1. The Morgan fingerprint density at radius 3 is 2.33 bits per heavy atom. The molecule has 3 aliphatic rings. The van der Waals surface area contributed by atoms with E-state index in [2.05, 4.69) is 59.0 Å². The number of benzene rings is 1. The summed E-state index contributed by atoms with van der Waals surface area (Å²) in [6.07, 6.45) is 5.03. The van der Waals surface area contributed by atoms with Gasteiger partial charge in [0.1, 0.15) is 17.6 Å². The molecule has 8 nitrogen and oxygen atoms in total. The summed E-state index contributed by atoms with van der Waals surface area (Å²) in [5.74, 6) is 0.904. The Labute approximate surface area is 257 Å². The summed E-state index contributed by atoms with van der Waals surface area (Å²) >= 11 is 0. The lowest BCUT2D eigenvalue weighted by Crippen LogP contribution is -2.48. The van der Waals surface area contributed by atoms with Crippen LogP contribution < -0.4 is 15.0 Å². The van der Waals surface area contributed by atoms with Crippen LogP contribution in [0.1, 0.15) is 83.5 Å². The van der Waals surface area contributed by atoms with Gasteiger partial charge in [-0.2, -0.15) is 0 Å². The third-order valence-electron chi connectivity index (χ3n) is 10.1. The van der Waals surface area contributed by atoms with E-state index in [1.54, 1.807) is 18.2 Å². The minimum absolute atomic E-state index is 0.00785. The second-order valence-electron chi connectivity index (χ2n) is 15.1. The van der Waals surface area contributed by atoms with E-state index in [-0.39, 0.29) is 29.2 Å². The largest absolute Gasteiger partial charge is 0.496 e. The van der Waals surface area contributed by atoms with Gasteiger partial charge in [-0.3, -0.25) is 4.79 Å². The summed E-state index contributed by atoms with van der Waals surface area (Å²) in [4.78, 5) is 36.2. The number of hydrogen-bond donors (Lipinski definition) is 2. The molecule has 2 N–H and O–H groups in total. The van der Waals surface area contributed by atoms with Crippen molar-refractivity contribution in [3.8, 4) is 5.75 Å². The third kappa shape index (κ3) is 5.75. The number of carbonyl (C=O) groups excluding carboxylic acids is 1. The Hall–Kier alpha value is -3.13. The Morgan fingerprint density at radius 2 is 1.77 bits per heavy atom. The minimum atomic E-state index is -0.964. The standard InChI is InChI=1S/C35H50N4O4/c1-34(2,3)21-15-16-25(43-9)20(18-21)19-37-28-27(35(4,5)6)30(33(41)42)39(32(40)26-22-12-10-13-23(22)26)29(28)24-14-11-17-36-31(24)38(7)8/h11,14-18,22-23,26-30,37H,10,12-13,19H2,1-9H3,(H,41,42)/t22?,23?,26?,27-,28-,29-,30-/m0/s1. The maximum absolute atomic E-state index is 14.5. The van der Waals surface area contributed by atoms with Gasteiger partial charge in [-0.1, -0.05) is 66.2 Å². The highest BCUT2D eigenvalue weighted by Crippen LogP contribution is 2.60. The Bertz CT molecular complexity index is 1350. The maximum atomic E-state index is 14.5. The lowest BCUT2D eigenvalue weighted by atomic mass is 9.72. The van der Waals surface area contributed by atoms with Crippen LogP contribution in [0.3, 0.4) is 0 Å². The number of rotatable bonds is 8. The summed E-state index contributed by atoms with van der Waals surface area (Å²) in [6, 6.07) is 8.40. The fraction of sp³-hybridized carbons (Fsp3) is 0.629. The van der Waals surface area contributed by atoms with Crippen LogP contribution in [0.15, 0.2) is 36.5 Å². The smallest absolute Gasteiger partial charge is 0.326 e. The zero-order valence-corrected chi connectivity index (χ0v) is 27.3. The molecule has 2 unspecified atom stereocenters. The van der Waals surface area contributed by atoms with Gasteiger partial charge in [-0.05, 0) is 53.2 Å². The first kappa shape index (κ1) is 31.3. The van der Waals surface area contributed by atoms with Crippen molar-refractivity contribution in [2.75, 3.05) is 26.1 Å². The molecule has 2 saturated carbocycles. The van der Waals surface area contributed by atoms with Crippen molar-refractivity contribution in [3.63, 3.8) is 0 Å². The monoisotopic (exact) mass is 590 g/mol. The van der Waals surface area contributed by atoms with Gasteiger partial charge >= 0.3 is 5.97 Å². The molecule has 1 aromatic carbocycles. The van der Waals surface area contributed by atoms with Gasteiger partial charge in [0, 0.05) is 55.8 Å². The molecule has 0 bridgehead atoms. The van der Waals surface area contributed by atoms with Crippen LogP contribution in [-0.4, -0.2) is 60.2 Å². The molecular weight excluding hydrogens is 540 g/mol. The SMILES string of the molecule is COc1ccc(C(C)(C)C)cc1CN[C@H]1[C@H](C(C)(C)C)[C@@H](C(=O)O)N(C(=O)C2C3CCCC32)[C@H]1c1cccnc1N(C)C. The first-order chi connectivity index (χ1) is 20.2. The zero-order valence-electron chi connectivity index (χ0n) is 27.3. The van der Waals surface area contributed by atoms with Crippen LogP contribution in [0.5, 0.6) is 5.75 Å². The van der Waals surface area contributed by atoms with E-state index >= 15 is 0 Å². The van der Waals surface area contributed by atoms with Crippen molar-refractivity contribution in [2.45, 2.75) is 90.9 Å². The Balaban J connectivity index is 1.64. The second-order valence-corrected chi connectivity index (χ2v) is 15.1. The molecule has 2 heterocycles. The van der Waals surface area contributed by atoms with E-state index in [9.17, 15) is 14.7 Å². The predicted octanol–water partition coefficient (Wildman–Crippen LogP) is 5.66. The van der Waals surface area contributed by atoms with Crippen LogP contribution in [-0.2, 0) is 21.5 Å². The van der Waals surface area contributed by atoms with Gasteiger partial charge in [0.05, 0.1) is 13.2 Å². The van der Waals surface area contributed by atoms with Crippen LogP contribution >= 0.6 is 0 Å². The molecule has 1 aliphatic heterocycles. The molecule has 1 saturated heterocycles. The van der Waals surface area contributed by atoms with Crippen molar-refractivity contribution in [1.82, 2.24) is 15.2 Å². The van der Waals surface area contributed by atoms with Crippen molar-refractivity contribution in [2.24, 2.45) is 29.1 Å². The molecule has 2 aromatic rings. The molecule has 0 radical (unpaired) electrons. The Kier molecular flexibility index (Phi) is 8.31. The van der Waals surface area contributed by atoms with E-state index in [0.29, 0.717) is 18.4 Å². The highest BCUT2D eigenvalue weighted by atomic mass is 16.5. The quantitative estimate of drug-likeness (QED) is 0.410. The number of nitrogens with zero attached hydrogens (tertiary/aromatic N) is 3. The molecule has 8 heteroatoms. The summed E-state index contributed by atoms with van der Waals surface area (Å²) in [6.45, 7) is 13.3. The number of carbonyl (C=O) groups is 2. The molecular formula is C35H50N4O4. The molecule has 6 atom stereocenters. The summed E-state index contributed by atoms with van der Waals surface area (Å²) in [5, 5.41) is 14.7. The number of nitrogens with one attached hydrogen (secondary N) is 1. The van der Waals surface area contributed by atoms with Crippen LogP contribution in [0.25, 0.3) is 0 Å². The van der Waals surface area contributed by atoms with E-state index < -0.39 is 23.5 Å². The molecule has 5 rings (SSSR count). The molecule has 234 valence electrons. The number of carboxylic acids is 1. The number of aromatic nitrogens is 1. The number of methoxy groups -OCH3 is 1. The number of fused-ring (bicyclic) bond motifs is 1. The van der Waals surface area contributed by atoms with Crippen molar-refractivity contribution in [3.05, 3.63) is 53.2 Å². The van der Waals surface area contributed by atoms with Gasteiger partial charge in [-0.25, -0.2) is 9.78 Å². The summed E-state index contributed by atoms with van der Waals surface area (Å²) < 4.78 is 5.77. The van der Waals surface area contributed by atoms with Crippen molar-refractivity contribution in [1.29, 1.82) is 0 Å². The molecule has 2 aliphatic carbocycles. The molecule has 3 fully saturated rings. The number of likely N-dealkylation sites (tertiary alicyclic amines) is 1. The lowest BCUT2D eigenvalue weighted by molar-refractivity contribution is -0.153. The zero-order chi connectivity index (χ0) is 31.4. The number of carboxylic acid groups (broad SMARTS) is 1. The fourth-order valence-corrected chi connectivity index (χ4v) is 8.04. The minimum Gasteiger partial charge on any atom is -0.496 e. The lowest BCUT2D eigenvalue weighted by Gasteiger charge is -2.35. The topological polar surface area (TPSA) is 95.0 Å². The normalized spacial score (nSPS) is 28.5. The van der Waals surface area contributed by atoms with Gasteiger partial charge < -0.3 is 25.0 Å².